The lowest BCUT2D eigenvalue weighted by Crippen LogP contribution is -2.43. The van der Waals surface area contributed by atoms with E-state index in [4.69, 9.17) is 4.74 Å². The zero-order chi connectivity index (χ0) is 22.3. The van der Waals surface area contributed by atoms with Gasteiger partial charge in [-0.05, 0) is 80.9 Å². The van der Waals surface area contributed by atoms with Crippen LogP contribution < -0.4 is 15.4 Å². The van der Waals surface area contributed by atoms with Gasteiger partial charge in [-0.3, -0.25) is 14.6 Å². The van der Waals surface area contributed by atoms with Crippen LogP contribution in [0.4, 0.5) is 0 Å². The number of carbonyl (C=O) groups is 2. The van der Waals surface area contributed by atoms with Crippen molar-refractivity contribution in [1.29, 1.82) is 0 Å². The third kappa shape index (κ3) is 5.65. The summed E-state index contributed by atoms with van der Waals surface area (Å²) in [7, 11) is 1.69. The predicted molar refractivity (Wildman–Crippen MR) is 123 cm³/mol. The summed E-state index contributed by atoms with van der Waals surface area (Å²) in [6.07, 6.45) is 6.34. The number of carbonyl (C=O) groups excluding carboxylic acids is 2. The summed E-state index contributed by atoms with van der Waals surface area (Å²) in [4.78, 5) is 31.5. The maximum Gasteiger partial charge on any atom is 0.270 e. The molecule has 1 aromatic heterocycles. The lowest BCUT2D eigenvalue weighted by molar-refractivity contribution is 0.0689. The van der Waals surface area contributed by atoms with Crippen LogP contribution in [0.15, 0.2) is 42.6 Å². The molecule has 0 bridgehead atoms. The molecule has 0 atom stereocenters. The topological polar surface area (TPSA) is 83.6 Å². The van der Waals surface area contributed by atoms with Gasteiger partial charge >= 0.3 is 0 Å². The number of aromatic nitrogens is 1. The van der Waals surface area contributed by atoms with Crippen LogP contribution in [-0.2, 0) is 6.42 Å². The summed E-state index contributed by atoms with van der Waals surface area (Å²) < 4.78 is 5.32. The van der Waals surface area contributed by atoms with Gasteiger partial charge < -0.3 is 20.3 Å². The number of benzene rings is 1. The molecule has 4 rings (SSSR count). The third-order valence-electron chi connectivity index (χ3n) is 6.48. The summed E-state index contributed by atoms with van der Waals surface area (Å²) >= 11 is 0. The summed E-state index contributed by atoms with van der Waals surface area (Å²) in [5.41, 5.74) is 2.17. The molecule has 1 aromatic carbocycles. The Bertz CT molecular complexity index is 917. The third-order valence-corrected chi connectivity index (χ3v) is 6.48. The number of piperidine rings is 2. The number of amides is 2. The molecule has 2 aliphatic rings. The monoisotopic (exact) mass is 436 g/mol. The number of methoxy groups -OCH3 is 1. The molecule has 2 amide bonds. The highest BCUT2D eigenvalue weighted by Crippen LogP contribution is 2.24. The van der Waals surface area contributed by atoms with Crippen LogP contribution in [0.3, 0.4) is 0 Å². The van der Waals surface area contributed by atoms with Crippen LogP contribution in [0, 0.1) is 5.92 Å². The maximum atomic E-state index is 12.9. The van der Waals surface area contributed by atoms with E-state index in [1.807, 2.05) is 17.0 Å². The SMILES string of the molecule is COc1cccc(CC2CCN(C(=O)c3ccc(C(=O)NC4CCNCC4)nc3)CC2)c1. The van der Waals surface area contributed by atoms with Gasteiger partial charge in [-0.2, -0.15) is 0 Å². The molecular weight excluding hydrogens is 404 g/mol. The van der Waals surface area contributed by atoms with E-state index in [-0.39, 0.29) is 17.9 Å². The molecule has 0 spiro atoms. The number of nitrogens with zero attached hydrogens (tertiary/aromatic N) is 2. The minimum atomic E-state index is -0.172. The molecule has 2 N–H and O–H groups in total. The first-order valence-electron chi connectivity index (χ1n) is 11.5. The fourth-order valence-electron chi connectivity index (χ4n) is 4.54. The van der Waals surface area contributed by atoms with Crippen molar-refractivity contribution in [3.05, 3.63) is 59.4 Å². The maximum absolute atomic E-state index is 12.9. The Balaban J connectivity index is 1.27. The van der Waals surface area contributed by atoms with Crippen molar-refractivity contribution >= 4 is 11.8 Å². The number of likely N-dealkylation sites (tertiary alicyclic amines) is 1. The lowest BCUT2D eigenvalue weighted by atomic mass is 9.90. The highest BCUT2D eigenvalue weighted by atomic mass is 16.5. The largest absolute Gasteiger partial charge is 0.497 e. The Kier molecular flexibility index (Phi) is 7.37. The molecule has 2 aliphatic heterocycles. The molecule has 32 heavy (non-hydrogen) atoms. The molecule has 0 unspecified atom stereocenters. The molecule has 0 radical (unpaired) electrons. The van der Waals surface area contributed by atoms with Crippen molar-refractivity contribution < 1.29 is 14.3 Å². The minimum Gasteiger partial charge on any atom is -0.497 e. The zero-order valence-corrected chi connectivity index (χ0v) is 18.7. The van der Waals surface area contributed by atoms with Gasteiger partial charge in [0.2, 0.25) is 0 Å². The van der Waals surface area contributed by atoms with Crippen LogP contribution in [-0.4, -0.2) is 61.0 Å². The average Bonchev–Trinajstić information content (AvgIpc) is 2.85. The number of pyridine rings is 1. The van der Waals surface area contributed by atoms with Crippen LogP contribution in [0.2, 0.25) is 0 Å². The van der Waals surface area contributed by atoms with E-state index < -0.39 is 0 Å². The van der Waals surface area contributed by atoms with Gasteiger partial charge in [0.05, 0.1) is 12.7 Å². The van der Waals surface area contributed by atoms with Gasteiger partial charge in [0, 0.05) is 25.3 Å². The van der Waals surface area contributed by atoms with Crippen LogP contribution >= 0.6 is 0 Å². The number of ether oxygens (including phenoxy) is 1. The second-order valence-electron chi connectivity index (χ2n) is 8.72. The molecule has 170 valence electrons. The Labute approximate surface area is 189 Å². The summed E-state index contributed by atoms with van der Waals surface area (Å²) in [5.74, 6) is 1.26. The normalized spacial score (nSPS) is 17.7. The molecule has 0 aliphatic carbocycles. The smallest absolute Gasteiger partial charge is 0.270 e. The number of hydrogen-bond donors (Lipinski definition) is 2. The lowest BCUT2D eigenvalue weighted by Gasteiger charge is -2.32. The first-order chi connectivity index (χ1) is 15.6. The van der Waals surface area contributed by atoms with Gasteiger partial charge in [0.1, 0.15) is 11.4 Å². The Hall–Kier alpha value is -2.93. The Morgan fingerprint density at radius 1 is 1.12 bits per heavy atom. The van der Waals surface area contributed by atoms with Crippen LogP contribution in [0.25, 0.3) is 0 Å². The van der Waals surface area contributed by atoms with E-state index in [0.717, 1.165) is 64.0 Å². The number of hydrogen-bond acceptors (Lipinski definition) is 5. The molecular formula is C25H32N4O3. The van der Waals surface area contributed by atoms with Gasteiger partial charge in [-0.15, -0.1) is 0 Å². The minimum absolute atomic E-state index is 0.0114. The second kappa shape index (κ2) is 10.6. The van der Waals surface area contributed by atoms with Gasteiger partial charge in [-0.1, -0.05) is 12.1 Å². The first-order valence-corrected chi connectivity index (χ1v) is 11.5. The molecule has 7 heteroatoms. The molecule has 0 saturated carbocycles. The molecule has 3 heterocycles. The highest BCUT2D eigenvalue weighted by Gasteiger charge is 2.24. The van der Waals surface area contributed by atoms with Crippen molar-refractivity contribution in [3.63, 3.8) is 0 Å². The van der Waals surface area contributed by atoms with E-state index in [1.54, 1.807) is 19.2 Å². The Morgan fingerprint density at radius 2 is 1.91 bits per heavy atom. The van der Waals surface area contributed by atoms with Crippen LogP contribution in [0.5, 0.6) is 5.75 Å². The average molecular weight is 437 g/mol. The Morgan fingerprint density at radius 3 is 2.59 bits per heavy atom. The van der Waals surface area contributed by atoms with E-state index >= 15 is 0 Å². The van der Waals surface area contributed by atoms with E-state index in [0.29, 0.717) is 17.2 Å². The quantitative estimate of drug-likeness (QED) is 0.728. The van der Waals surface area contributed by atoms with Crippen molar-refractivity contribution in [2.45, 2.75) is 38.1 Å². The fraction of sp³-hybridized carbons (Fsp3) is 0.480. The summed E-state index contributed by atoms with van der Waals surface area (Å²) in [6, 6.07) is 11.8. The van der Waals surface area contributed by atoms with Crippen molar-refractivity contribution in [2.75, 3.05) is 33.3 Å². The number of nitrogens with one attached hydrogen (secondary N) is 2. The highest BCUT2D eigenvalue weighted by molar-refractivity contribution is 5.96. The zero-order valence-electron chi connectivity index (χ0n) is 18.7. The van der Waals surface area contributed by atoms with Crippen LogP contribution in [0.1, 0.15) is 52.1 Å². The van der Waals surface area contributed by atoms with E-state index in [1.165, 1.54) is 11.8 Å². The van der Waals surface area contributed by atoms with E-state index in [9.17, 15) is 9.59 Å². The standard InChI is InChI=1S/C25H32N4O3/c1-32-22-4-2-3-19(16-22)15-18-9-13-29(14-10-18)25(31)20-5-6-23(27-17-20)24(30)28-21-7-11-26-12-8-21/h2-6,16-18,21,26H,7-15H2,1H3,(H,28,30). The summed E-state index contributed by atoms with van der Waals surface area (Å²) in [5, 5.41) is 6.32. The molecule has 2 aromatic rings. The van der Waals surface area contributed by atoms with Crippen molar-refractivity contribution in [3.8, 4) is 5.75 Å². The molecule has 7 nitrogen and oxygen atoms in total. The van der Waals surface area contributed by atoms with E-state index in [2.05, 4.69) is 27.8 Å². The van der Waals surface area contributed by atoms with Crippen molar-refractivity contribution in [1.82, 2.24) is 20.5 Å². The first kappa shape index (κ1) is 22.3. The number of rotatable bonds is 6. The van der Waals surface area contributed by atoms with Gasteiger partial charge in [0.25, 0.3) is 11.8 Å². The van der Waals surface area contributed by atoms with Gasteiger partial charge in [0.15, 0.2) is 0 Å². The van der Waals surface area contributed by atoms with Gasteiger partial charge in [-0.25, -0.2) is 0 Å². The fourth-order valence-corrected chi connectivity index (χ4v) is 4.54. The molecule has 2 saturated heterocycles. The van der Waals surface area contributed by atoms with Crippen molar-refractivity contribution in [2.24, 2.45) is 5.92 Å². The molecule has 2 fully saturated rings. The predicted octanol–water partition coefficient (Wildman–Crippen LogP) is 2.67. The summed E-state index contributed by atoms with van der Waals surface area (Å²) in [6.45, 7) is 3.32. The second-order valence-corrected chi connectivity index (χ2v) is 8.72.